The smallest absolute Gasteiger partial charge is 0.204 e. The van der Waals surface area contributed by atoms with Crippen LogP contribution in [0.2, 0.25) is 0 Å². The SMILES string of the molecule is CCCC1CCC(C2CCC(C(O)CCOc3ccc(OCC)c(F)c3F)CC2)CC1. The molecule has 0 amide bonds. The number of benzene rings is 1. The Morgan fingerprint density at radius 2 is 1.42 bits per heavy atom. The lowest BCUT2D eigenvalue weighted by Crippen LogP contribution is -2.31. The molecule has 1 aromatic rings. The second kappa shape index (κ2) is 12.0. The molecule has 0 saturated heterocycles. The second-order valence-electron chi connectivity index (χ2n) is 9.57. The van der Waals surface area contributed by atoms with Gasteiger partial charge in [0.15, 0.2) is 11.5 Å². The summed E-state index contributed by atoms with van der Waals surface area (Å²) in [7, 11) is 0. The molecule has 1 atom stereocenters. The summed E-state index contributed by atoms with van der Waals surface area (Å²) in [5, 5.41) is 10.6. The molecule has 1 aromatic carbocycles. The van der Waals surface area contributed by atoms with E-state index in [1.54, 1.807) is 6.92 Å². The molecule has 0 aliphatic heterocycles. The van der Waals surface area contributed by atoms with Crippen molar-refractivity contribution in [2.75, 3.05) is 13.2 Å². The molecule has 0 bridgehead atoms. The summed E-state index contributed by atoms with van der Waals surface area (Å²) in [5.41, 5.74) is 0. The molecule has 3 rings (SSSR count). The maximum Gasteiger partial charge on any atom is 0.204 e. The third kappa shape index (κ3) is 6.57. The van der Waals surface area contributed by atoms with Gasteiger partial charge in [-0.1, -0.05) is 32.6 Å². The highest BCUT2D eigenvalue weighted by Crippen LogP contribution is 2.43. The van der Waals surface area contributed by atoms with Crippen molar-refractivity contribution in [2.45, 2.75) is 90.6 Å². The van der Waals surface area contributed by atoms with E-state index < -0.39 is 17.7 Å². The van der Waals surface area contributed by atoms with E-state index in [0.717, 1.165) is 30.6 Å². The summed E-state index contributed by atoms with van der Waals surface area (Å²) in [5.74, 6) is 0.650. The van der Waals surface area contributed by atoms with Crippen LogP contribution in [0, 0.1) is 35.3 Å². The number of rotatable bonds is 10. The molecule has 176 valence electrons. The van der Waals surface area contributed by atoms with Gasteiger partial charge >= 0.3 is 0 Å². The van der Waals surface area contributed by atoms with Gasteiger partial charge in [0.2, 0.25) is 11.6 Å². The zero-order valence-electron chi connectivity index (χ0n) is 19.3. The fraction of sp³-hybridized carbons (Fsp3) is 0.769. The minimum absolute atomic E-state index is 0.108. The van der Waals surface area contributed by atoms with Crippen LogP contribution in [-0.2, 0) is 0 Å². The molecule has 2 fully saturated rings. The fourth-order valence-corrected chi connectivity index (χ4v) is 5.78. The summed E-state index contributed by atoms with van der Waals surface area (Å²) in [6.07, 6.45) is 12.8. The third-order valence-corrected chi connectivity index (χ3v) is 7.60. The third-order valence-electron chi connectivity index (χ3n) is 7.60. The number of hydrogen-bond donors (Lipinski definition) is 1. The van der Waals surface area contributed by atoms with Gasteiger partial charge < -0.3 is 14.6 Å². The zero-order valence-corrected chi connectivity index (χ0v) is 19.3. The Hall–Kier alpha value is -1.36. The molecule has 0 radical (unpaired) electrons. The number of aliphatic hydroxyl groups is 1. The summed E-state index contributed by atoms with van der Waals surface area (Å²) in [4.78, 5) is 0. The van der Waals surface area contributed by atoms with Crippen molar-refractivity contribution < 1.29 is 23.4 Å². The summed E-state index contributed by atoms with van der Waals surface area (Å²) in [6, 6.07) is 2.76. The van der Waals surface area contributed by atoms with Crippen LogP contribution in [0.15, 0.2) is 12.1 Å². The van der Waals surface area contributed by atoms with E-state index in [9.17, 15) is 13.9 Å². The molecule has 1 unspecified atom stereocenters. The molecule has 3 nitrogen and oxygen atoms in total. The summed E-state index contributed by atoms with van der Waals surface area (Å²) < 4.78 is 38.5. The van der Waals surface area contributed by atoms with E-state index in [1.165, 1.54) is 63.5 Å². The van der Waals surface area contributed by atoms with Gasteiger partial charge in [-0.3, -0.25) is 0 Å². The van der Waals surface area contributed by atoms with Crippen LogP contribution < -0.4 is 9.47 Å². The van der Waals surface area contributed by atoms with Gasteiger partial charge in [-0.2, -0.15) is 8.78 Å². The molecule has 5 heteroatoms. The van der Waals surface area contributed by atoms with Crippen molar-refractivity contribution in [3.05, 3.63) is 23.8 Å². The standard InChI is InChI=1S/C26H40F2O3/c1-3-5-18-6-8-19(9-7-18)20-10-12-21(13-11-20)22(29)16-17-31-24-15-14-23(30-4-2)25(27)26(24)28/h14-15,18-22,29H,3-13,16-17H2,1-2H3. The van der Waals surface area contributed by atoms with Crippen LogP contribution in [0.25, 0.3) is 0 Å². The first kappa shape index (κ1) is 24.3. The van der Waals surface area contributed by atoms with Crippen LogP contribution in [0.1, 0.15) is 84.5 Å². The lowest BCUT2D eigenvalue weighted by atomic mass is 9.68. The number of aliphatic hydroxyl groups excluding tert-OH is 1. The normalized spacial score (nSPS) is 27.6. The van der Waals surface area contributed by atoms with Crippen molar-refractivity contribution in [2.24, 2.45) is 23.7 Å². The number of hydrogen-bond acceptors (Lipinski definition) is 3. The monoisotopic (exact) mass is 438 g/mol. The first-order valence-corrected chi connectivity index (χ1v) is 12.4. The molecule has 1 N–H and O–H groups in total. The lowest BCUT2D eigenvalue weighted by molar-refractivity contribution is 0.0421. The summed E-state index contributed by atoms with van der Waals surface area (Å²) in [6.45, 7) is 4.45. The van der Waals surface area contributed by atoms with Gasteiger partial charge in [-0.25, -0.2) is 0 Å². The summed E-state index contributed by atoms with van der Waals surface area (Å²) >= 11 is 0. The van der Waals surface area contributed by atoms with E-state index in [0.29, 0.717) is 6.42 Å². The molecule has 31 heavy (non-hydrogen) atoms. The minimum Gasteiger partial charge on any atom is -0.491 e. The van der Waals surface area contributed by atoms with Crippen molar-refractivity contribution in [3.63, 3.8) is 0 Å². The van der Waals surface area contributed by atoms with Gasteiger partial charge in [0.05, 0.1) is 19.3 Å². The Labute approximate surface area is 186 Å². The molecule has 2 aliphatic carbocycles. The molecule has 2 saturated carbocycles. The van der Waals surface area contributed by atoms with Gasteiger partial charge in [0.25, 0.3) is 0 Å². The van der Waals surface area contributed by atoms with E-state index >= 15 is 0 Å². The highest BCUT2D eigenvalue weighted by atomic mass is 19.2. The lowest BCUT2D eigenvalue weighted by Gasteiger charge is -2.39. The molecule has 2 aliphatic rings. The van der Waals surface area contributed by atoms with E-state index in [2.05, 4.69) is 6.92 Å². The topological polar surface area (TPSA) is 38.7 Å². The number of ether oxygens (including phenoxy) is 2. The predicted molar refractivity (Wildman–Crippen MR) is 119 cm³/mol. The van der Waals surface area contributed by atoms with Gasteiger partial charge in [-0.15, -0.1) is 0 Å². The average molecular weight is 439 g/mol. The van der Waals surface area contributed by atoms with Gasteiger partial charge in [-0.05, 0) is 81.3 Å². The van der Waals surface area contributed by atoms with Crippen molar-refractivity contribution in [1.29, 1.82) is 0 Å². The minimum atomic E-state index is -1.03. The molecular weight excluding hydrogens is 398 g/mol. The number of halogens is 2. The molecule has 0 spiro atoms. The van der Waals surface area contributed by atoms with Crippen LogP contribution >= 0.6 is 0 Å². The second-order valence-corrected chi connectivity index (χ2v) is 9.57. The zero-order chi connectivity index (χ0) is 22.2. The van der Waals surface area contributed by atoms with Crippen LogP contribution in [-0.4, -0.2) is 24.4 Å². The maximum atomic E-state index is 14.1. The van der Waals surface area contributed by atoms with Crippen LogP contribution in [0.5, 0.6) is 11.5 Å². The predicted octanol–water partition coefficient (Wildman–Crippen LogP) is 6.91. The maximum absolute atomic E-state index is 14.1. The fourth-order valence-electron chi connectivity index (χ4n) is 5.78. The highest BCUT2D eigenvalue weighted by Gasteiger charge is 2.32. The Balaban J connectivity index is 1.38. The first-order valence-electron chi connectivity index (χ1n) is 12.4. The molecular formula is C26H40F2O3. The van der Waals surface area contributed by atoms with E-state index in [1.807, 2.05) is 0 Å². The Bertz CT molecular complexity index is 665. The van der Waals surface area contributed by atoms with Gasteiger partial charge in [0, 0.05) is 6.42 Å². The Morgan fingerprint density at radius 1 is 0.871 bits per heavy atom. The molecule has 0 aromatic heterocycles. The van der Waals surface area contributed by atoms with Crippen molar-refractivity contribution in [3.8, 4) is 11.5 Å². The van der Waals surface area contributed by atoms with Crippen LogP contribution in [0.4, 0.5) is 8.78 Å². The van der Waals surface area contributed by atoms with Crippen LogP contribution in [0.3, 0.4) is 0 Å². The van der Waals surface area contributed by atoms with Crippen molar-refractivity contribution in [1.82, 2.24) is 0 Å². The quantitative estimate of drug-likeness (QED) is 0.431. The Kier molecular flexibility index (Phi) is 9.43. The highest BCUT2D eigenvalue weighted by molar-refractivity contribution is 5.35. The van der Waals surface area contributed by atoms with Crippen molar-refractivity contribution >= 4 is 0 Å². The van der Waals surface area contributed by atoms with Gasteiger partial charge in [0.1, 0.15) is 0 Å². The van der Waals surface area contributed by atoms with E-state index in [-0.39, 0.29) is 30.6 Å². The Morgan fingerprint density at radius 3 is 1.97 bits per heavy atom. The molecule has 0 heterocycles. The first-order chi connectivity index (χ1) is 15.0. The largest absolute Gasteiger partial charge is 0.491 e. The average Bonchev–Trinajstić information content (AvgIpc) is 2.79. The van der Waals surface area contributed by atoms with E-state index in [4.69, 9.17) is 9.47 Å².